The number of ether oxygens (including phenoxy) is 2. The molecular formula is C34H49FN2O4. The fraction of sp³-hybridized carbons (Fsp3) is 0.618. The molecule has 2 fully saturated rings. The van der Waals surface area contributed by atoms with E-state index in [1.54, 1.807) is 36.4 Å². The van der Waals surface area contributed by atoms with Crippen molar-refractivity contribution < 1.29 is 23.8 Å². The van der Waals surface area contributed by atoms with Gasteiger partial charge in [0.1, 0.15) is 11.9 Å². The second-order valence-corrected chi connectivity index (χ2v) is 14.4. The summed E-state index contributed by atoms with van der Waals surface area (Å²) in [5.41, 5.74) is 1.32. The van der Waals surface area contributed by atoms with Crippen LogP contribution in [-0.4, -0.2) is 56.9 Å². The summed E-state index contributed by atoms with van der Waals surface area (Å²) >= 11 is 0. The lowest BCUT2D eigenvalue weighted by Crippen LogP contribution is -2.51. The standard InChI is InChI=1S/C34H49FN2O4/c1-10-37-33(6,7)21-28(34(37,8)9)41-30(39)24-15-16-26(27(35)19-24)22-11-13-23(14-12-22)29(38)40-25-17-18-31(2,3)36-32(4,5)20-25/h11-16,19,25,28-29,36,38H,10,17-18,20-21H2,1-9H3. The maximum absolute atomic E-state index is 15.2. The number of likely N-dealkylation sites (N-methyl/N-ethyl adjacent to an activating group) is 1. The molecule has 0 saturated carbocycles. The zero-order valence-corrected chi connectivity index (χ0v) is 26.3. The molecule has 3 atom stereocenters. The highest BCUT2D eigenvalue weighted by molar-refractivity contribution is 5.90. The van der Waals surface area contributed by atoms with Gasteiger partial charge in [0.05, 0.1) is 17.2 Å². The number of aliphatic hydroxyl groups is 1. The fourth-order valence-corrected chi connectivity index (χ4v) is 7.29. The first kappa shape index (κ1) is 31.6. The van der Waals surface area contributed by atoms with E-state index in [4.69, 9.17) is 9.47 Å². The van der Waals surface area contributed by atoms with Crippen LogP contribution in [0.5, 0.6) is 0 Å². The normalized spacial score (nSPS) is 25.8. The first-order valence-corrected chi connectivity index (χ1v) is 15.0. The average molecular weight is 569 g/mol. The van der Waals surface area contributed by atoms with Crippen LogP contribution in [0, 0.1) is 5.82 Å². The van der Waals surface area contributed by atoms with Crippen LogP contribution < -0.4 is 5.32 Å². The fourth-order valence-electron chi connectivity index (χ4n) is 7.29. The van der Waals surface area contributed by atoms with E-state index in [-0.39, 0.29) is 39.9 Å². The summed E-state index contributed by atoms with van der Waals surface area (Å²) in [6.45, 7) is 20.2. The Hall–Kier alpha value is -2.32. The van der Waals surface area contributed by atoms with Gasteiger partial charge < -0.3 is 19.9 Å². The number of nitrogens with zero attached hydrogens (tertiary/aromatic N) is 1. The SMILES string of the molecule is CCN1C(C)(C)CC(OC(=O)c2ccc(-c3ccc(C(O)OC4CCC(C)(C)NC(C)(C)C4)cc3)c(F)c2)C1(C)C. The summed E-state index contributed by atoms with van der Waals surface area (Å²) in [7, 11) is 0. The number of benzene rings is 2. The van der Waals surface area contributed by atoms with Crippen LogP contribution in [0.4, 0.5) is 4.39 Å². The number of carbonyl (C=O) groups is 1. The van der Waals surface area contributed by atoms with E-state index in [0.29, 0.717) is 16.7 Å². The third-order valence-corrected chi connectivity index (χ3v) is 9.00. The summed E-state index contributed by atoms with van der Waals surface area (Å²) < 4.78 is 27.3. The van der Waals surface area contributed by atoms with Gasteiger partial charge in [-0.25, -0.2) is 9.18 Å². The molecule has 0 amide bonds. The van der Waals surface area contributed by atoms with Crippen molar-refractivity contribution >= 4 is 5.97 Å². The molecule has 2 aliphatic heterocycles. The molecule has 2 heterocycles. The summed E-state index contributed by atoms with van der Waals surface area (Å²) in [4.78, 5) is 15.4. The number of rotatable bonds is 7. The number of carbonyl (C=O) groups excluding carboxylic acids is 1. The lowest BCUT2D eigenvalue weighted by Gasteiger charge is -2.40. The smallest absolute Gasteiger partial charge is 0.338 e. The minimum absolute atomic E-state index is 0.00480. The molecule has 226 valence electrons. The second-order valence-electron chi connectivity index (χ2n) is 14.4. The van der Waals surface area contributed by atoms with Crippen LogP contribution in [-0.2, 0) is 9.47 Å². The minimum atomic E-state index is -1.07. The Bertz CT molecular complexity index is 1240. The van der Waals surface area contributed by atoms with Gasteiger partial charge in [0.2, 0.25) is 0 Å². The number of aliphatic hydroxyl groups excluding tert-OH is 1. The molecule has 2 aromatic rings. The van der Waals surface area contributed by atoms with Gasteiger partial charge in [0.15, 0.2) is 6.29 Å². The van der Waals surface area contributed by atoms with Crippen molar-refractivity contribution in [3.63, 3.8) is 0 Å². The third kappa shape index (κ3) is 7.02. The Labute approximate surface area is 245 Å². The van der Waals surface area contributed by atoms with Crippen LogP contribution in [0.15, 0.2) is 42.5 Å². The second kappa shape index (κ2) is 11.4. The van der Waals surface area contributed by atoms with E-state index in [1.807, 2.05) is 0 Å². The summed E-state index contributed by atoms with van der Waals surface area (Å²) in [5.74, 6) is -1.01. The van der Waals surface area contributed by atoms with Crippen LogP contribution in [0.25, 0.3) is 11.1 Å². The Morgan fingerprint density at radius 1 is 1.02 bits per heavy atom. The van der Waals surface area contributed by atoms with Gasteiger partial charge in [-0.3, -0.25) is 4.90 Å². The van der Waals surface area contributed by atoms with Gasteiger partial charge in [-0.2, -0.15) is 0 Å². The van der Waals surface area contributed by atoms with Gasteiger partial charge in [0.25, 0.3) is 0 Å². The molecule has 2 aromatic carbocycles. The molecule has 7 heteroatoms. The Morgan fingerprint density at radius 2 is 1.68 bits per heavy atom. The minimum Gasteiger partial charge on any atom is -0.457 e. The highest BCUT2D eigenvalue weighted by atomic mass is 19.1. The number of hydrogen-bond acceptors (Lipinski definition) is 6. The van der Waals surface area contributed by atoms with E-state index in [0.717, 1.165) is 32.2 Å². The predicted molar refractivity (Wildman–Crippen MR) is 161 cm³/mol. The third-order valence-electron chi connectivity index (χ3n) is 9.00. The molecular weight excluding hydrogens is 519 g/mol. The topological polar surface area (TPSA) is 71.0 Å². The lowest BCUT2D eigenvalue weighted by molar-refractivity contribution is -0.146. The molecule has 2 saturated heterocycles. The predicted octanol–water partition coefficient (Wildman–Crippen LogP) is 7.01. The molecule has 0 spiro atoms. The molecule has 0 bridgehead atoms. The molecule has 2 N–H and O–H groups in total. The molecule has 2 aliphatic rings. The zero-order chi connectivity index (χ0) is 30.4. The quantitative estimate of drug-likeness (QED) is 0.277. The van der Waals surface area contributed by atoms with Crippen molar-refractivity contribution in [1.29, 1.82) is 0 Å². The Balaban J connectivity index is 1.42. The highest BCUT2D eigenvalue weighted by Crippen LogP contribution is 2.42. The van der Waals surface area contributed by atoms with Crippen molar-refractivity contribution in [3.05, 3.63) is 59.4 Å². The number of nitrogens with one attached hydrogen (secondary N) is 1. The zero-order valence-electron chi connectivity index (χ0n) is 26.3. The van der Waals surface area contributed by atoms with Crippen LogP contribution in [0.1, 0.15) is 110 Å². The van der Waals surface area contributed by atoms with Crippen LogP contribution in [0.2, 0.25) is 0 Å². The van der Waals surface area contributed by atoms with E-state index < -0.39 is 18.1 Å². The maximum Gasteiger partial charge on any atom is 0.338 e. The van der Waals surface area contributed by atoms with Gasteiger partial charge >= 0.3 is 5.97 Å². The van der Waals surface area contributed by atoms with Crippen molar-refractivity contribution in [1.82, 2.24) is 10.2 Å². The number of halogens is 1. The molecule has 4 rings (SSSR count). The Morgan fingerprint density at radius 3 is 2.27 bits per heavy atom. The lowest BCUT2D eigenvalue weighted by atomic mass is 9.96. The van der Waals surface area contributed by atoms with Crippen molar-refractivity contribution in [2.24, 2.45) is 0 Å². The van der Waals surface area contributed by atoms with E-state index >= 15 is 4.39 Å². The van der Waals surface area contributed by atoms with E-state index in [2.05, 4.69) is 72.5 Å². The average Bonchev–Trinajstić information content (AvgIpc) is 2.95. The van der Waals surface area contributed by atoms with Gasteiger partial charge in [-0.05, 0) is 98.9 Å². The molecule has 41 heavy (non-hydrogen) atoms. The Kier molecular flexibility index (Phi) is 8.79. The summed E-state index contributed by atoms with van der Waals surface area (Å²) in [5, 5.41) is 14.5. The molecule has 3 unspecified atom stereocenters. The number of likely N-dealkylation sites (tertiary alicyclic amines) is 1. The summed E-state index contributed by atoms with van der Waals surface area (Å²) in [6, 6.07) is 11.5. The summed E-state index contributed by atoms with van der Waals surface area (Å²) in [6.07, 6.45) is 1.87. The van der Waals surface area contributed by atoms with Gasteiger partial charge in [-0.1, -0.05) is 37.3 Å². The van der Waals surface area contributed by atoms with Crippen LogP contribution in [0.3, 0.4) is 0 Å². The van der Waals surface area contributed by atoms with Crippen LogP contribution >= 0.6 is 0 Å². The molecule has 0 aromatic heterocycles. The largest absolute Gasteiger partial charge is 0.457 e. The number of esters is 1. The maximum atomic E-state index is 15.2. The molecule has 0 aliphatic carbocycles. The van der Waals surface area contributed by atoms with Crippen molar-refractivity contribution in [3.8, 4) is 11.1 Å². The number of hydrogen-bond donors (Lipinski definition) is 2. The molecule has 0 radical (unpaired) electrons. The van der Waals surface area contributed by atoms with E-state index in [9.17, 15) is 9.90 Å². The molecule has 6 nitrogen and oxygen atoms in total. The first-order chi connectivity index (χ1) is 18.9. The van der Waals surface area contributed by atoms with E-state index in [1.165, 1.54) is 6.07 Å². The van der Waals surface area contributed by atoms with Gasteiger partial charge in [-0.15, -0.1) is 0 Å². The highest BCUT2D eigenvalue weighted by Gasteiger charge is 2.52. The van der Waals surface area contributed by atoms with Gasteiger partial charge in [0, 0.05) is 34.2 Å². The van der Waals surface area contributed by atoms with Crippen molar-refractivity contribution in [2.45, 2.75) is 129 Å². The monoisotopic (exact) mass is 568 g/mol. The van der Waals surface area contributed by atoms with Crippen molar-refractivity contribution in [2.75, 3.05) is 6.54 Å². The first-order valence-electron chi connectivity index (χ1n) is 15.0.